The van der Waals surface area contributed by atoms with E-state index in [2.05, 4.69) is 15.3 Å². The molecule has 1 heterocycles. The number of fused-ring (bicyclic) bond motifs is 1. The topological polar surface area (TPSA) is 54.9 Å². The van der Waals surface area contributed by atoms with Gasteiger partial charge < -0.3 is 5.32 Å². The third kappa shape index (κ3) is 4.38. The van der Waals surface area contributed by atoms with E-state index < -0.39 is 34.8 Å². The number of aromatic nitrogens is 2. The normalized spacial score (nSPS) is 12.8. The van der Waals surface area contributed by atoms with Crippen LogP contribution < -0.4 is 5.32 Å². The highest BCUT2D eigenvalue weighted by Gasteiger charge is 2.36. The molecule has 1 aromatic heterocycles. The Labute approximate surface area is 160 Å². The number of nitrogens with one attached hydrogen (secondary N) is 1. The Hall–Kier alpha value is -2.75. The van der Waals surface area contributed by atoms with Crippen LogP contribution in [0.4, 0.5) is 27.6 Å². The van der Waals surface area contributed by atoms with Crippen LogP contribution in [-0.4, -0.2) is 21.1 Å². The molecule has 10 heteroatoms. The fourth-order valence-electron chi connectivity index (χ4n) is 2.31. The van der Waals surface area contributed by atoms with Crippen LogP contribution in [0, 0.1) is 11.6 Å². The minimum absolute atomic E-state index is 0.0276. The first kappa shape index (κ1) is 20.0. The van der Waals surface area contributed by atoms with Crippen molar-refractivity contribution < 1.29 is 26.7 Å². The third-order valence-electron chi connectivity index (χ3n) is 3.67. The molecular weight excluding hydrogens is 401 g/mol. The van der Waals surface area contributed by atoms with Crippen LogP contribution >= 0.6 is 11.8 Å². The van der Waals surface area contributed by atoms with Crippen molar-refractivity contribution >= 4 is 34.3 Å². The second-order valence-electron chi connectivity index (χ2n) is 5.74. The lowest BCUT2D eigenvalue weighted by atomic mass is 10.2. The van der Waals surface area contributed by atoms with E-state index >= 15 is 0 Å². The Morgan fingerprint density at radius 3 is 2.50 bits per heavy atom. The number of nitrogens with zero attached hydrogens (tertiary/aromatic N) is 2. The molecule has 1 N–H and O–H groups in total. The molecular formula is C18H12F5N3OS. The lowest BCUT2D eigenvalue weighted by molar-refractivity contribution is -0.145. The molecule has 0 aliphatic rings. The van der Waals surface area contributed by atoms with Gasteiger partial charge in [0.05, 0.1) is 16.5 Å². The van der Waals surface area contributed by atoms with E-state index in [1.165, 1.54) is 19.1 Å². The number of rotatable bonds is 4. The van der Waals surface area contributed by atoms with Gasteiger partial charge in [0.25, 0.3) is 0 Å². The number of amides is 1. The Morgan fingerprint density at radius 2 is 1.82 bits per heavy atom. The predicted octanol–water partition coefficient (Wildman–Crippen LogP) is 5.05. The van der Waals surface area contributed by atoms with E-state index in [-0.39, 0.29) is 16.2 Å². The average molecular weight is 413 g/mol. The van der Waals surface area contributed by atoms with Crippen molar-refractivity contribution in [3.63, 3.8) is 0 Å². The molecule has 4 nitrogen and oxygen atoms in total. The van der Waals surface area contributed by atoms with Crippen LogP contribution in [-0.2, 0) is 11.0 Å². The molecule has 28 heavy (non-hydrogen) atoms. The summed E-state index contributed by atoms with van der Waals surface area (Å²) in [6, 6.07) is 8.75. The monoisotopic (exact) mass is 413 g/mol. The first-order valence-corrected chi connectivity index (χ1v) is 8.79. The van der Waals surface area contributed by atoms with Gasteiger partial charge in [-0.05, 0) is 25.1 Å². The molecule has 0 aliphatic heterocycles. The van der Waals surface area contributed by atoms with Gasteiger partial charge in [-0.25, -0.2) is 18.7 Å². The standard InChI is InChI=1S/C18H12F5N3OS/c1-9(15(27)24-14-7-6-10(19)8-12(14)20)28-16-11-4-2-3-5-13(11)25-17(26-16)18(21,22)23/h2-9H,1H3,(H,24,27). The van der Waals surface area contributed by atoms with Crippen molar-refractivity contribution in [2.75, 3.05) is 5.32 Å². The van der Waals surface area contributed by atoms with E-state index in [0.717, 1.165) is 23.9 Å². The molecule has 0 fully saturated rings. The molecule has 0 bridgehead atoms. The van der Waals surface area contributed by atoms with Crippen molar-refractivity contribution in [1.29, 1.82) is 0 Å². The van der Waals surface area contributed by atoms with Gasteiger partial charge in [0, 0.05) is 11.5 Å². The highest BCUT2D eigenvalue weighted by Crippen LogP contribution is 2.33. The fraction of sp³-hybridized carbons (Fsp3) is 0.167. The zero-order valence-corrected chi connectivity index (χ0v) is 15.0. The van der Waals surface area contributed by atoms with Gasteiger partial charge in [0.2, 0.25) is 11.7 Å². The third-order valence-corrected chi connectivity index (χ3v) is 4.77. The molecule has 0 spiro atoms. The first-order chi connectivity index (χ1) is 13.1. The smallest absolute Gasteiger partial charge is 0.323 e. The van der Waals surface area contributed by atoms with E-state index in [4.69, 9.17) is 0 Å². The number of benzene rings is 2. The average Bonchev–Trinajstić information content (AvgIpc) is 2.63. The summed E-state index contributed by atoms with van der Waals surface area (Å²) in [5, 5.41) is 1.70. The summed E-state index contributed by atoms with van der Waals surface area (Å²) in [4.78, 5) is 19.4. The summed E-state index contributed by atoms with van der Waals surface area (Å²) in [7, 11) is 0. The van der Waals surface area contributed by atoms with Gasteiger partial charge in [-0.15, -0.1) is 0 Å². The fourth-order valence-corrected chi connectivity index (χ4v) is 3.25. The lowest BCUT2D eigenvalue weighted by Gasteiger charge is -2.14. The van der Waals surface area contributed by atoms with Crippen molar-refractivity contribution in [1.82, 2.24) is 9.97 Å². The maximum Gasteiger partial charge on any atom is 0.451 e. The molecule has 1 atom stereocenters. The van der Waals surface area contributed by atoms with Crippen molar-refractivity contribution in [2.45, 2.75) is 23.4 Å². The number of para-hydroxylation sites is 1. The predicted molar refractivity (Wildman–Crippen MR) is 94.8 cm³/mol. The van der Waals surface area contributed by atoms with Crippen LogP contribution in [0.25, 0.3) is 10.9 Å². The van der Waals surface area contributed by atoms with Crippen LogP contribution in [0.2, 0.25) is 0 Å². The molecule has 0 aliphatic carbocycles. The number of hydrogen-bond acceptors (Lipinski definition) is 4. The summed E-state index contributed by atoms with van der Waals surface area (Å²) < 4.78 is 65.8. The summed E-state index contributed by atoms with van der Waals surface area (Å²) in [5.41, 5.74) is -0.146. The minimum Gasteiger partial charge on any atom is -0.323 e. The highest BCUT2D eigenvalue weighted by atomic mass is 32.2. The maximum atomic E-state index is 13.7. The van der Waals surface area contributed by atoms with Crippen LogP contribution in [0.5, 0.6) is 0 Å². The highest BCUT2D eigenvalue weighted by molar-refractivity contribution is 8.00. The molecule has 0 radical (unpaired) electrons. The zero-order valence-electron chi connectivity index (χ0n) is 14.2. The molecule has 3 aromatic rings. The molecule has 1 unspecified atom stereocenters. The first-order valence-electron chi connectivity index (χ1n) is 7.91. The zero-order chi connectivity index (χ0) is 20.5. The summed E-state index contributed by atoms with van der Waals surface area (Å²) in [5.74, 6) is -3.75. The van der Waals surface area contributed by atoms with Crippen LogP contribution in [0.15, 0.2) is 47.5 Å². The Kier molecular flexibility index (Phi) is 5.50. The number of alkyl halides is 3. The van der Waals surface area contributed by atoms with Gasteiger partial charge >= 0.3 is 6.18 Å². The van der Waals surface area contributed by atoms with Gasteiger partial charge in [-0.2, -0.15) is 13.2 Å². The van der Waals surface area contributed by atoms with Gasteiger partial charge in [-0.3, -0.25) is 4.79 Å². The quantitative estimate of drug-likeness (QED) is 0.370. The van der Waals surface area contributed by atoms with E-state index in [0.29, 0.717) is 11.5 Å². The second-order valence-corrected chi connectivity index (χ2v) is 7.07. The van der Waals surface area contributed by atoms with Gasteiger partial charge in [0.15, 0.2) is 0 Å². The van der Waals surface area contributed by atoms with Gasteiger partial charge in [-0.1, -0.05) is 30.0 Å². The molecule has 0 saturated carbocycles. The largest absolute Gasteiger partial charge is 0.451 e. The van der Waals surface area contributed by atoms with E-state index in [1.807, 2.05) is 0 Å². The Bertz CT molecular complexity index is 1040. The molecule has 146 valence electrons. The number of anilines is 1. The van der Waals surface area contributed by atoms with Crippen molar-refractivity contribution in [3.8, 4) is 0 Å². The van der Waals surface area contributed by atoms with E-state index in [9.17, 15) is 26.7 Å². The number of hydrogen-bond donors (Lipinski definition) is 1. The van der Waals surface area contributed by atoms with Crippen molar-refractivity contribution in [3.05, 3.63) is 59.9 Å². The van der Waals surface area contributed by atoms with E-state index in [1.54, 1.807) is 12.1 Å². The lowest BCUT2D eigenvalue weighted by Crippen LogP contribution is -2.23. The molecule has 0 saturated heterocycles. The van der Waals surface area contributed by atoms with Crippen LogP contribution in [0.1, 0.15) is 12.7 Å². The molecule has 2 aromatic carbocycles. The molecule has 1 amide bonds. The Balaban J connectivity index is 1.87. The number of thioether (sulfide) groups is 1. The van der Waals surface area contributed by atoms with Gasteiger partial charge in [0.1, 0.15) is 16.7 Å². The summed E-state index contributed by atoms with van der Waals surface area (Å²) >= 11 is 0.780. The molecule has 3 rings (SSSR count). The Morgan fingerprint density at radius 1 is 1.11 bits per heavy atom. The second kappa shape index (κ2) is 7.70. The summed E-state index contributed by atoms with van der Waals surface area (Å²) in [6.45, 7) is 1.44. The summed E-state index contributed by atoms with van der Waals surface area (Å²) in [6.07, 6.45) is -4.75. The number of carbonyl (C=O) groups excluding carboxylic acids is 1. The van der Waals surface area contributed by atoms with Crippen LogP contribution in [0.3, 0.4) is 0 Å². The maximum absolute atomic E-state index is 13.7. The number of carbonyl (C=O) groups is 1. The SMILES string of the molecule is CC(Sc1nc(C(F)(F)F)nc2ccccc12)C(=O)Nc1ccc(F)cc1F. The van der Waals surface area contributed by atoms with Crippen molar-refractivity contribution in [2.24, 2.45) is 0 Å². The minimum atomic E-state index is -4.75. The number of halogens is 5.